The third-order valence-corrected chi connectivity index (χ3v) is 3.13. The molecule has 0 aliphatic rings. The number of nitro benzene ring substituents is 1. The van der Waals surface area contributed by atoms with E-state index in [1.54, 1.807) is 12.1 Å². The number of carbonyl (C=O) groups is 1. The van der Waals surface area contributed by atoms with E-state index in [9.17, 15) is 14.9 Å². The second kappa shape index (κ2) is 5.98. The van der Waals surface area contributed by atoms with Crippen LogP contribution in [0, 0.1) is 10.1 Å². The number of hydrogen-bond acceptors (Lipinski definition) is 4. The van der Waals surface area contributed by atoms with Crippen LogP contribution in [0.15, 0.2) is 41.0 Å². The summed E-state index contributed by atoms with van der Waals surface area (Å²) in [7, 11) is 0. The fourth-order valence-corrected chi connectivity index (χ4v) is 1.92. The average Bonchev–Trinajstić information content (AvgIpc) is 2.39. The second-order valence-corrected chi connectivity index (χ2v) is 5.06. The Morgan fingerprint density at radius 2 is 2.10 bits per heavy atom. The number of nitro groups is 1. The van der Waals surface area contributed by atoms with E-state index in [1.165, 1.54) is 24.4 Å². The molecule has 1 aromatic heterocycles. The van der Waals surface area contributed by atoms with Gasteiger partial charge in [-0.1, -0.05) is 11.6 Å². The fraction of sp³-hybridized carbons (Fsp3) is 0. The molecule has 1 aromatic carbocycles. The van der Waals surface area contributed by atoms with E-state index in [-0.39, 0.29) is 16.4 Å². The average molecular weight is 357 g/mol. The van der Waals surface area contributed by atoms with Gasteiger partial charge in [0.2, 0.25) is 0 Å². The molecule has 0 bridgehead atoms. The molecule has 1 heterocycles. The van der Waals surface area contributed by atoms with Gasteiger partial charge < -0.3 is 5.32 Å². The number of benzene rings is 1. The van der Waals surface area contributed by atoms with Crippen LogP contribution in [0.2, 0.25) is 5.02 Å². The van der Waals surface area contributed by atoms with Crippen molar-refractivity contribution >= 4 is 44.8 Å². The molecule has 0 saturated heterocycles. The zero-order valence-electron chi connectivity index (χ0n) is 9.84. The predicted molar refractivity (Wildman–Crippen MR) is 78.0 cm³/mol. The summed E-state index contributed by atoms with van der Waals surface area (Å²) in [6, 6.07) is 7.18. The summed E-state index contributed by atoms with van der Waals surface area (Å²) in [5.41, 5.74) is 0.365. The maximum absolute atomic E-state index is 11.9. The molecule has 0 radical (unpaired) electrons. The first-order valence-electron chi connectivity index (χ1n) is 5.34. The summed E-state index contributed by atoms with van der Waals surface area (Å²) in [5.74, 6) is -0.428. The molecule has 2 aromatic rings. The maximum Gasteiger partial charge on any atom is 0.288 e. The lowest BCUT2D eigenvalue weighted by atomic mass is 10.2. The zero-order chi connectivity index (χ0) is 14.7. The molecule has 8 heteroatoms. The van der Waals surface area contributed by atoms with Crippen LogP contribution in [0.1, 0.15) is 10.5 Å². The second-order valence-electron chi connectivity index (χ2n) is 3.74. The Morgan fingerprint density at radius 3 is 2.65 bits per heavy atom. The molecule has 20 heavy (non-hydrogen) atoms. The highest BCUT2D eigenvalue weighted by molar-refractivity contribution is 9.10. The van der Waals surface area contributed by atoms with Crippen molar-refractivity contribution in [1.82, 2.24) is 4.98 Å². The quantitative estimate of drug-likeness (QED) is 0.672. The standard InChI is InChI=1S/C12H7BrClN3O3/c13-7-1-3-10(15-6-7)12(18)16-8-2-4-11(17(19)20)9(14)5-8/h1-6H,(H,16,18). The molecule has 0 spiro atoms. The fourth-order valence-electron chi connectivity index (χ4n) is 1.44. The molecule has 2 rings (SSSR count). The van der Waals surface area contributed by atoms with Gasteiger partial charge in [0, 0.05) is 22.4 Å². The Labute approximate surface area is 127 Å². The molecule has 1 amide bonds. The van der Waals surface area contributed by atoms with Crippen LogP contribution in [0.4, 0.5) is 11.4 Å². The number of nitrogens with one attached hydrogen (secondary N) is 1. The highest BCUT2D eigenvalue weighted by Gasteiger charge is 2.14. The number of carbonyl (C=O) groups excluding carboxylic acids is 1. The molecular weight excluding hydrogens is 350 g/mol. The topological polar surface area (TPSA) is 85.1 Å². The van der Waals surface area contributed by atoms with Crippen molar-refractivity contribution in [1.29, 1.82) is 0 Å². The summed E-state index contributed by atoms with van der Waals surface area (Å²) < 4.78 is 0.757. The Hall–Kier alpha value is -1.99. The summed E-state index contributed by atoms with van der Waals surface area (Å²) in [4.78, 5) is 25.9. The number of pyridine rings is 1. The van der Waals surface area contributed by atoms with Gasteiger partial charge in [-0.25, -0.2) is 4.98 Å². The van der Waals surface area contributed by atoms with Crippen LogP contribution in [0.25, 0.3) is 0 Å². The van der Waals surface area contributed by atoms with E-state index < -0.39 is 10.8 Å². The summed E-state index contributed by atoms with van der Waals surface area (Å²) >= 11 is 8.98. The smallest absolute Gasteiger partial charge is 0.288 e. The lowest BCUT2D eigenvalue weighted by Gasteiger charge is -2.05. The molecule has 0 saturated carbocycles. The van der Waals surface area contributed by atoms with Crippen LogP contribution < -0.4 is 5.32 Å². The van der Waals surface area contributed by atoms with Gasteiger partial charge in [-0.3, -0.25) is 14.9 Å². The van der Waals surface area contributed by atoms with Gasteiger partial charge in [-0.05, 0) is 40.2 Å². The van der Waals surface area contributed by atoms with Gasteiger partial charge in [0.25, 0.3) is 11.6 Å². The molecule has 102 valence electrons. The Balaban J connectivity index is 2.18. The molecule has 6 nitrogen and oxygen atoms in total. The molecule has 1 N–H and O–H groups in total. The Kier molecular flexibility index (Phi) is 4.31. The van der Waals surface area contributed by atoms with Crippen molar-refractivity contribution in [2.45, 2.75) is 0 Å². The van der Waals surface area contributed by atoms with Crippen molar-refractivity contribution in [3.05, 3.63) is 61.8 Å². The molecule has 0 fully saturated rings. The summed E-state index contributed by atoms with van der Waals surface area (Å²) in [6.07, 6.45) is 1.50. The van der Waals surface area contributed by atoms with Crippen LogP contribution >= 0.6 is 27.5 Å². The first kappa shape index (κ1) is 14.4. The number of anilines is 1. The first-order chi connectivity index (χ1) is 9.47. The minimum Gasteiger partial charge on any atom is -0.321 e. The largest absolute Gasteiger partial charge is 0.321 e. The first-order valence-corrected chi connectivity index (χ1v) is 6.51. The number of rotatable bonds is 3. The van der Waals surface area contributed by atoms with Crippen molar-refractivity contribution < 1.29 is 9.72 Å². The zero-order valence-corrected chi connectivity index (χ0v) is 12.2. The maximum atomic E-state index is 11.9. The minimum absolute atomic E-state index is 0.0448. The monoisotopic (exact) mass is 355 g/mol. The summed E-state index contributed by atoms with van der Waals surface area (Å²) in [6.45, 7) is 0. The Bertz CT molecular complexity index is 676. The molecular formula is C12H7BrClN3O3. The Morgan fingerprint density at radius 1 is 1.35 bits per heavy atom. The number of aromatic nitrogens is 1. The van der Waals surface area contributed by atoms with Crippen LogP contribution in [0.3, 0.4) is 0 Å². The number of nitrogens with zero attached hydrogens (tertiary/aromatic N) is 2. The number of halogens is 2. The van der Waals surface area contributed by atoms with Gasteiger partial charge in [0.15, 0.2) is 0 Å². The van der Waals surface area contributed by atoms with E-state index in [1.807, 2.05) is 0 Å². The highest BCUT2D eigenvalue weighted by atomic mass is 79.9. The molecule has 0 aliphatic heterocycles. The van der Waals surface area contributed by atoms with E-state index >= 15 is 0 Å². The van der Waals surface area contributed by atoms with Crippen molar-refractivity contribution in [3.8, 4) is 0 Å². The van der Waals surface area contributed by atoms with Crippen LogP contribution in [-0.2, 0) is 0 Å². The van der Waals surface area contributed by atoms with Crippen LogP contribution in [0.5, 0.6) is 0 Å². The third-order valence-electron chi connectivity index (χ3n) is 2.36. The van der Waals surface area contributed by atoms with E-state index in [0.717, 1.165) is 4.47 Å². The van der Waals surface area contributed by atoms with Crippen molar-refractivity contribution in [2.75, 3.05) is 5.32 Å². The van der Waals surface area contributed by atoms with Gasteiger partial charge in [-0.2, -0.15) is 0 Å². The lowest BCUT2D eigenvalue weighted by Crippen LogP contribution is -2.13. The van der Waals surface area contributed by atoms with Crippen molar-refractivity contribution in [2.24, 2.45) is 0 Å². The van der Waals surface area contributed by atoms with Gasteiger partial charge in [-0.15, -0.1) is 0 Å². The number of amides is 1. The number of hydrogen-bond donors (Lipinski definition) is 1. The van der Waals surface area contributed by atoms with Gasteiger partial charge in [0.1, 0.15) is 10.7 Å². The van der Waals surface area contributed by atoms with Gasteiger partial charge >= 0.3 is 0 Å². The molecule has 0 aliphatic carbocycles. The SMILES string of the molecule is O=C(Nc1ccc([N+](=O)[O-])c(Cl)c1)c1ccc(Br)cn1. The lowest BCUT2D eigenvalue weighted by molar-refractivity contribution is -0.384. The van der Waals surface area contributed by atoms with Crippen molar-refractivity contribution in [3.63, 3.8) is 0 Å². The molecule has 0 unspecified atom stereocenters. The molecule has 0 atom stereocenters. The van der Waals surface area contributed by atoms with E-state index in [0.29, 0.717) is 5.69 Å². The summed E-state index contributed by atoms with van der Waals surface area (Å²) in [5, 5.41) is 13.1. The van der Waals surface area contributed by atoms with Crippen LogP contribution in [-0.4, -0.2) is 15.8 Å². The van der Waals surface area contributed by atoms with Gasteiger partial charge in [0.05, 0.1) is 4.92 Å². The van der Waals surface area contributed by atoms with E-state index in [4.69, 9.17) is 11.6 Å². The van der Waals surface area contributed by atoms with E-state index in [2.05, 4.69) is 26.2 Å². The third kappa shape index (κ3) is 3.31. The highest BCUT2D eigenvalue weighted by Crippen LogP contribution is 2.27. The normalized spacial score (nSPS) is 10.1. The minimum atomic E-state index is -0.593. The predicted octanol–water partition coefficient (Wildman–Crippen LogP) is 3.66.